The van der Waals surface area contributed by atoms with Gasteiger partial charge in [0.25, 0.3) is 0 Å². The van der Waals surface area contributed by atoms with Crippen LogP contribution in [0.4, 0.5) is 92.2 Å². The van der Waals surface area contributed by atoms with Crippen molar-refractivity contribution in [1.82, 2.24) is 15.0 Å². The quantitative estimate of drug-likeness (QED) is 0.101. The van der Waals surface area contributed by atoms with Crippen LogP contribution in [0.15, 0.2) is 0 Å². The Morgan fingerprint density at radius 1 is 0.158 bits per heavy atom. The average molecular weight is 837 g/mol. The third-order valence-corrected chi connectivity index (χ3v) is 8.32. The fourth-order valence-corrected chi connectivity index (χ4v) is 5.75. The molecular weight excluding hydrogens is 837 g/mol. The lowest BCUT2D eigenvalue weighted by atomic mass is 10.00. The van der Waals surface area contributed by atoms with Gasteiger partial charge in [-0.15, -0.1) is 0 Å². The van der Waals surface area contributed by atoms with E-state index in [4.69, 9.17) is 0 Å². The zero-order chi connectivity index (χ0) is 42.2. The number of benzene rings is 6. The maximum absolute atomic E-state index is 15.9. The SMILES string of the molecule is Fc1c(F)c(F)c2c(F)c(-c3nc(-c4c(F)c(F)c5c(F)c(F)c(F)c(F)c5c4F)nc(-c4c(F)c(F)c5c(F)c(F)c(F)c(F)c5c4F)n3)c(F)c(F)c2c1F. The molecule has 0 atom stereocenters. The lowest BCUT2D eigenvalue weighted by Crippen LogP contribution is -2.12. The van der Waals surface area contributed by atoms with E-state index in [1.165, 1.54) is 0 Å². The number of aromatic nitrogens is 3. The Morgan fingerprint density at radius 3 is 0.474 bits per heavy atom. The minimum atomic E-state index is -2.93. The van der Waals surface area contributed by atoms with Gasteiger partial charge in [0.15, 0.2) is 122 Å². The summed E-state index contributed by atoms with van der Waals surface area (Å²) >= 11 is 0. The zero-order valence-electron chi connectivity index (χ0n) is 25.8. The molecule has 3 nitrogen and oxygen atoms in total. The predicted molar refractivity (Wildman–Crippen MR) is 148 cm³/mol. The first-order valence-corrected chi connectivity index (χ1v) is 14.3. The van der Waals surface area contributed by atoms with Crippen molar-refractivity contribution in [2.24, 2.45) is 0 Å². The number of nitrogens with zero attached hydrogens (tertiary/aromatic N) is 3. The Balaban J connectivity index is 1.71. The molecule has 7 rings (SSSR count). The topological polar surface area (TPSA) is 38.7 Å². The number of hydrogen-bond acceptors (Lipinski definition) is 3. The van der Waals surface area contributed by atoms with Crippen LogP contribution in [0.5, 0.6) is 0 Å². The summed E-state index contributed by atoms with van der Waals surface area (Å²) in [6.07, 6.45) is 0. The van der Waals surface area contributed by atoms with Gasteiger partial charge in [0.2, 0.25) is 0 Å². The first-order valence-electron chi connectivity index (χ1n) is 14.3. The highest BCUT2D eigenvalue weighted by Crippen LogP contribution is 2.43. The van der Waals surface area contributed by atoms with Crippen molar-refractivity contribution in [2.45, 2.75) is 0 Å². The number of hydrogen-bond donors (Lipinski definition) is 0. The molecule has 0 amide bonds. The van der Waals surface area contributed by atoms with Gasteiger partial charge in [-0.1, -0.05) is 0 Å². The summed E-state index contributed by atoms with van der Waals surface area (Å²) < 4.78 is 312. The van der Waals surface area contributed by atoms with Crippen molar-refractivity contribution in [1.29, 1.82) is 0 Å². The average Bonchev–Trinajstić information content (AvgIpc) is 3.17. The summed E-state index contributed by atoms with van der Waals surface area (Å²) in [5.41, 5.74) is -7.35. The van der Waals surface area contributed by atoms with E-state index in [1.807, 2.05) is 0 Å². The molecule has 0 saturated heterocycles. The summed E-state index contributed by atoms with van der Waals surface area (Å²) in [6.45, 7) is 0. The molecule has 1 heterocycles. The van der Waals surface area contributed by atoms with Gasteiger partial charge in [0.05, 0.1) is 49.0 Å². The van der Waals surface area contributed by atoms with E-state index in [0.717, 1.165) is 0 Å². The van der Waals surface area contributed by atoms with Crippen LogP contribution in [0.3, 0.4) is 0 Å². The van der Waals surface area contributed by atoms with Crippen LogP contribution >= 0.6 is 0 Å². The molecule has 0 saturated carbocycles. The van der Waals surface area contributed by atoms with E-state index < -0.39 is 189 Å². The molecular formula is C33F21N3. The second kappa shape index (κ2) is 12.8. The van der Waals surface area contributed by atoms with E-state index in [0.29, 0.717) is 0 Å². The molecule has 0 spiro atoms. The highest BCUT2D eigenvalue weighted by molar-refractivity contribution is 5.93. The van der Waals surface area contributed by atoms with Crippen molar-refractivity contribution in [2.75, 3.05) is 0 Å². The molecule has 0 radical (unpaired) electrons. The fraction of sp³-hybridized carbons (Fsp3) is 0. The highest BCUT2D eigenvalue weighted by Gasteiger charge is 2.37. The zero-order valence-corrected chi connectivity index (χ0v) is 25.8. The van der Waals surface area contributed by atoms with Crippen molar-refractivity contribution in [3.8, 4) is 34.2 Å². The molecule has 0 bridgehead atoms. The molecule has 1 aromatic heterocycles. The van der Waals surface area contributed by atoms with Crippen molar-refractivity contribution >= 4 is 32.3 Å². The molecule has 0 unspecified atom stereocenters. The smallest absolute Gasteiger partial charge is 0.198 e. The summed E-state index contributed by atoms with van der Waals surface area (Å²) in [6, 6.07) is 0. The third kappa shape index (κ3) is 5.03. The number of fused-ring (bicyclic) bond motifs is 3. The number of halogens is 21. The first kappa shape index (κ1) is 38.9. The van der Waals surface area contributed by atoms with Gasteiger partial charge in [-0.25, -0.2) is 107 Å². The van der Waals surface area contributed by atoms with Crippen molar-refractivity contribution < 1.29 is 92.2 Å². The monoisotopic (exact) mass is 837 g/mol. The van der Waals surface area contributed by atoms with E-state index in [2.05, 4.69) is 15.0 Å². The molecule has 0 fully saturated rings. The van der Waals surface area contributed by atoms with Gasteiger partial charge in [0.1, 0.15) is 17.5 Å². The van der Waals surface area contributed by atoms with Crippen LogP contribution in [0.1, 0.15) is 0 Å². The second-order valence-electron chi connectivity index (χ2n) is 11.3. The van der Waals surface area contributed by atoms with Gasteiger partial charge in [0, 0.05) is 0 Å². The Kier molecular flexibility index (Phi) is 8.76. The van der Waals surface area contributed by atoms with Crippen LogP contribution in [0.25, 0.3) is 66.5 Å². The Morgan fingerprint density at radius 2 is 0.298 bits per heavy atom. The lowest BCUT2D eigenvalue weighted by molar-refractivity contribution is 0.412. The Bertz CT molecular complexity index is 2710. The molecule has 0 N–H and O–H groups in total. The van der Waals surface area contributed by atoms with Crippen LogP contribution in [-0.4, -0.2) is 15.0 Å². The molecule has 24 heteroatoms. The van der Waals surface area contributed by atoms with E-state index in [9.17, 15) is 52.7 Å². The van der Waals surface area contributed by atoms with E-state index in [1.54, 1.807) is 0 Å². The van der Waals surface area contributed by atoms with Gasteiger partial charge in [-0.3, -0.25) is 0 Å². The largest absolute Gasteiger partial charge is 0.208 e. The molecule has 7 aromatic rings. The maximum atomic E-state index is 15.9. The molecule has 0 aliphatic rings. The molecule has 57 heavy (non-hydrogen) atoms. The minimum Gasteiger partial charge on any atom is -0.208 e. The minimum absolute atomic E-state index is 2.26. The second-order valence-corrected chi connectivity index (χ2v) is 11.3. The molecule has 0 aliphatic heterocycles. The van der Waals surface area contributed by atoms with E-state index >= 15 is 39.5 Å². The number of rotatable bonds is 3. The Hall–Kier alpha value is -6.36. The molecule has 294 valence electrons. The van der Waals surface area contributed by atoms with Crippen molar-refractivity contribution in [3.05, 3.63) is 122 Å². The summed E-state index contributed by atoms with van der Waals surface area (Å²) in [5.74, 6) is -66.9. The summed E-state index contributed by atoms with van der Waals surface area (Å²) in [5, 5.41) is -14.1. The fourth-order valence-electron chi connectivity index (χ4n) is 5.75. The van der Waals surface area contributed by atoms with Gasteiger partial charge >= 0.3 is 0 Å². The van der Waals surface area contributed by atoms with Crippen LogP contribution in [0, 0.1) is 122 Å². The van der Waals surface area contributed by atoms with E-state index in [-0.39, 0.29) is 0 Å². The molecule has 6 aromatic carbocycles. The standard InChI is InChI=1S/C33F21N3/c34-10-1-4(19(43)28(52)25(49)16(1)40)13(37)22(46)7(10)31-55-32(8-11(35)2-5(14(38)23(8)47)20(44)29(53)26(50)17(2)41)57-33(56-31)9-12(36)3-6(15(39)24(9)48)21(45)30(54)27(51)18(3)42. The third-order valence-electron chi connectivity index (χ3n) is 8.32. The highest BCUT2D eigenvalue weighted by atomic mass is 19.2. The van der Waals surface area contributed by atoms with Crippen molar-refractivity contribution in [3.63, 3.8) is 0 Å². The summed E-state index contributed by atoms with van der Waals surface area (Å²) in [4.78, 5) is 8.87. The lowest BCUT2D eigenvalue weighted by Gasteiger charge is -2.16. The van der Waals surface area contributed by atoms with Crippen LogP contribution < -0.4 is 0 Å². The summed E-state index contributed by atoms with van der Waals surface area (Å²) in [7, 11) is 0. The van der Waals surface area contributed by atoms with Crippen LogP contribution in [-0.2, 0) is 0 Å². The Labute approximate surface area is 296 Å². The van der Waals surface area contributed by atoms with Gasteiger partial charge in [-0.05, 0) is 0 Å². The van der Waals surface area contributed by atoms with Crippen LogP contribution in [0.2, 0.25) is 0 Å². The van der Waals surface area contributed by atoms with Gasteiger partial charge < -0.3 is 0 Å². The molecule has 0 aliphatic carbocycles. The predicted octanol–water partition coefficient (Wildman–Crippen LogP) is 11.3. The first-order chi connectivity index (χ1) is 26.6. The normalized spacial score (nSPS) is 11.9. The maximum Gasteiger partial charge on any atom is 0.198 e. The van der Waals surface area contributed by atoms with Gasteiger partial charge in [-0.2, -0.15) is 0 Å².